The summed E-state index contributed by atoms with van der Waals surface area (Å²) in [7, 11) is 3.12. The van der Waals surface area contributed by atoms with E-state index in [1.54, 1.807) is 37.1 Å². The van der Waals surface area contributed by atoms with Crippen LogP contribution in [0.15, 0.2) is 90.4 Å². The van der Waals surface area contributed by atoms with Crippen LogP contribution in [0.4, 0.5) is 11.6 Å². The van der Waals surface area contributed by atoms with Crippen molar-refractivity contribution in [1.82, 2.24) is 14.8 Å². The maximum absolute atomic E-state index is 13.7. The van der Waals surface area contributed by atoms with E-state index in [0.29, 0.717) is 41.0 Å². The molecule has 0 bridgehead atoms. The van der Waals surface area contributed by atoms with Crippen molar-refractivity contribution in [2.45, 2.75) is 19.6 Å². The van der Waals surface area contributed by atoms with Gasteiger partial charge < -0.3 is 24.8 Å². The normalized spacial score (nSPS) is 14.4. The molecule has 3 aromatic carbocycles. The predicted molar refractivity (Wildman–Crippen MR) is 140 cm³/mol. The second-order valence-electron chi connectivity index (χ2n) is 8.46. The van der Waals surface area contributed by atoms with E-state index in [1.165, 1.54) is 6.33 Å². The van der Waals surface area contributed by atoms with Gasteiger partial charge >= 0.3 is 0 Å². The molecule has 37 heavy (non-hydrogen) atoms. The van der Waals surface area contributed by atoms with E-state index in [-0.39, 0.29) is 5.91 Å². The van der Waals surface area contributed by atoms with Gasteiger partial charge in [-0.15, -0.1) is 0 Å². The van der Waals surface area contributed by atoms with Crippen LogP contribution >= 0.6 is 0 Å². The Labute approximate surface area is 214 Å². The zero-order chi connectivity index (χ0) is 25.8. The number of rotatable bonds is 8. The fourth-order valence-electron chi connectivity index (χ4n) is 4.27. The summed E-state index contributed by atoms with van der Waals surface area (Å²) in [4.78, 5) is 18.0. The fraction of sp³-hybridized carbons (Fsp3) is 0.179. The average molecular weight is 498 g/mol. The molecule has 1 aromatic heterocycles. The van der Waals surface area contributed by atoms with Gasteiger partial charge in [-0.05, 0) is 42.3 Å². The van der Waals surface area contributed by atoms with Gasteiger partial charge in [0.2, 0.25) is 5.95 Å². The smallest absolute Gasteiger partial charge is 0.255 e. The number of nitrogens with one attached hydrogen (secondary N) is 2. The van der Waals surface area contributed by atoms with Crippen LogP contribution in [0.5, 0.6) is 17.2 Å². The molecule has 0 spiro atoms. The van der Waals surface area contributed by atoms with E-state index in [1.807, 2.05) is 61.5 Å². The number of carbonyl (C=O) groups is 1. The number of carbonyl (C=O) groups excluding carboxylic acids is 1. The number of anilines is 2. The first kappa shape index (κ1) is 23.9. The molecule has 0 saturated heterocycles. The van der Waals surface area contributed by atoms with Gasteiger partial charge in [0.05, 0.1) is 25.5 Å². The number of methoxy groups -OCH3 is 2. The quantitative estimate of drug-likeness (QED) is 0.361. The maximum Gasteiger partial charge on any atom is 0.255 e. The molecule has 4 aromatic rings. The zero-order valence-corrected chi connectivity index (χ0v) is 20.8. The molecule has 9 nitrogen and oxygen atoms in total. The number of aromatic nitrogens is 3. The van der Waals surface area contributed by atoms with Gasteiger partial charge in [-0.1, -0.05) is 42.5 Å². The molecule has 2 N–H and O–H groups in total. The third kappa shape index (κ3) is 4.97. The van der Waals surface area contributed by atoms with Crippen molar-refractivity contribution in [3.8, 4) is 17.2 Å². The van der Waals surface area contributed by atoms with Crippen molar-refractivity contribution < 1.29 is 19.0 Å². The molecule has 0 saturated carbocycles. The highest BCUT2D eigenvalue weighted by atomic mass is 16.5. The van der Waals surface area contributed by atoms with Gasteiger partial charge in [0.25, 0.3) is 5.91 Å². The van der Waals surface area contributed by atoms with Crippen LogP contribution in [-0.2, 0) is 11.4 Å². The first-order chi connectivity index (χ1) is 18.1. The van der Waals surface area contributed by atoms with E-state index in [2.05, 4.69) is 20.7 Å². The molecule has 0 radical (unpaired) electrons. The molecule has 5 rings (SSSR count). The van der Waals surface area contributed by atoms with Crippen LogP contribution < -0.4 is 24.8 Å². The number of benzene rings is 3. The summed E-state index contributed by atoms with van der Waals surface area (Å²) in [5.41, 5.74) is 3.67. The van der Waals surface area contributed by atoms with Gasteiger partial charge in [-0.3, -0.25) is 4.79 Å². The highest BCUT2D eigenvalue weighted by Crippen LogP contribution is 2.37. The molecule has 0 fully saturated rings. The van der Waals surface area contributed by atoms with Crippen molar-refractivity contribution in [3.05, 3.63) is 102 Å². The second kappa shape index (κ2) is 10.4. The third-order valence-electron chi connectivity index (χ3n) is 6.14. The Balaban J connectivity index is 1.42. The number of nitrogens with zero attached hydrogens (tertiary/aromatic N) is 3. The van der Waals surface area contributed by atoms with E-state index in [4.69, 9.17) is 14.2 Å². The summed E-state index contributed by atoms with van der Waals surface area (Å²) in [6, 6.07) is 22.4. The summed E-state index contributed by atoms with van der Waals surface area (Å²) in [6.45, 7) is 2.32. The minimum atomic E-state index is -0.494. The highest BCUT2D eigenvalue weighted by Gasteiger charge is 2.33. The van der Waals surface area contributed by atoms with Crippen molar-refractivity contribution in [2.24, 2.45) is 0 Å². The molecule has 1 aliphatic rings. The lowest BCUT2D eigenvalue weighted by Gasteiger charge is -2.29. The molecular formula is C28H27N5O4. The Bertz CT molecular complexity index is 1430. The molecular weight excluding hydrogens is 470 g/mol. The van der Waals surface area contributed by atoms with Crippen LogP contribution in [0.1, 0.15) is 24.1 Å². The molecule has 0 aliphatic carbocycles. The molecule has 188 valence electrons. The number of hydrogen-bond donors (Lipinski definition) is 2. The standard InChI is InChI=1S/C28H27N5O4/c1-18-25(27(34)32-23-14-13-22(35-2)15-24(23)36-3)26(33-28(31-18)29-17-30-33)20-9-11-21(12-10-20)37-16-19-7-5-4-6-8-19/h4-15,17,26H,16H2,1-3H3,(H,32,34)(H,29,30,31)/t26-/m0/s1. The van der Waals surface area contributed by atoms with Crippen LogP contribution in [-0.4, -0.2) is 34.9 Å². The van der Waals surface area contributed by atoms with Crippen molar-refractivity contribution in [1.29, 1.82) is 0 Å². The molecule has 1 aliphatic heterocycles. The lowest BCUT2D eigenvalue weighted by molar-refractivity contribution is -0.113. The van der Waals surface area contributed by atoms with E-state index in [9.17, 15) is 4.79 Å². The number of amides is 1. The number of allylic oxidation sites excluding steroid dienone is 1. The monoisotopic (exact) mass is 497 g/mol. The largest absolute Gasteiger partial charge is 0.497 e. The minimum Gasteiger partial charge on any atom is -0.497 e. The van der Waals surface area contributed by atoms with Crippen molar-refractivity contribution in [2.75, 3.05) is 24.9 Å². The SMILES string of the molecule is COc1ccc(NC(=O)C2=C(C)Nc3ncnn3[C@H]2c2ccc(OCc3ccccc3)cc2)c(OC)c1. The first-order valence-electron chi connectivity index (χ1n) is 11.7. The number of hydrogen-bond acceptors (Lipinski definition) is 7. The Kier molecular flexibility index (Phi) is 6.76. The van der Waals surface area contributed by atoms with Crippen LogP contribution in [0.2, 0.25) is 0 Å². The minimum absolute atomic E-state index is 0.288. The van der Waals surface area contributed by atoms with Gasteiger partial charge in [-0.2, -0.15) is 10.1 Å². The van der Waals surface area contributed by atoms with Gasteiger partial charge in [0, 0.05) is 11.8 Å². The maximum atomic E-state index is 13.7. The number of fused-ring (bicyclic) bond motifs is 1. The summed E-state index contributed by atoms with van der Waals surface area (Å²) < 4.78 is 18.4. The van der Waals surface area contributed by atoms with Crippen molar-refractivity contribution in [3.63, 3.8) is 0 Å². The van der Waals surface area contributed by atoms with Crippen molar-refractivity contribution >= 4 is 17.5 Å². The third-order valence-corrected chi connectivity index (χ3v) is 6.14. The number of ether oxygens (including phenoxy) is 3. The zero-order valence-electron chi connectivity index (χ0n) is 20.8. The highest BCUT2D eigenvalue weighted by molar-refractivity contribution is 6.06. The van der Waals surface area contributed by atoms with Crippen LogP contribution in [0.3, 0.4) is 0 Å². The molecule has 1 atom stereocenters. The topological polar surface area (TPSA) is 99.5 Å². The van der Waals surface area contributed by atoms with E-state index in [0.717, 1.165) is 16.9 Å². The Morgan fingerprint density at radius 1 is 1.00 bits per heavy atom. The first-order valence-corrected chi connectivity index (χ1v) is 11.7. The Morgan fingerprint density at radius 3 is 2.49 bits per heavy atom. The second-order valence-corrected chi connectivity index (χ2v) is 8.46. The lowest BCUT2D eigenvalue weighted by Crippen LogP contribution is -2.31. The summed E-state index contributed by atoms with van der Waals surface area (Å²) in [5, 5.41) is 10.6. The fourth-order valence-corrected chi connectivity index (χ4v) is 4.27. The lowest BCUT2D eigenvalue weighted by atomic mass is 9.95. The Hall–Kier alpha value is -4.79. The van der Waals surface area contributed by atoms with E-state index >= 15 is 0 Å². The predicted octanol–water partition coefficient (Wildman–Crippen LogP) is 4.80. The molecule has 9 heteroatoms. The Morgan fingerprint density at radius 2 is 1.76 bits per heavy atom. The van der Waals surface area contributed by atoms with Gasteiger partial charge in [0.15, 0.2) is 0 Å². The average Bonchev–Trinajstić information content (AvgIpc) is 3.40. The van der Waals surface area contributed by atoms with Gasteiger partial charge in [-0.25, -0.2) is 4.68 Å². The van der Waals surface area contributed by atoms with Crippen LogP contribution in [0, 0.1) is 0 Å². The molecule has 1 amide bonds. The summed E-state index contributed by atoms with van der Waals surface area (Å²) >= 11 is 0. The van der Waals surface area contributed by atoms with Crippen LogP contribution in [0.25, 0.3) is 0 Å². The summed E-state index contributed by atoms with van der Waals surface area (Å²) in [5.74, 6) is 2.13. The van der Waals surface area contributed by atoms with Gasteiger partial charge in [0.1, 0.15) is 36.2 Å². The summed E-state index contributed by atoms with van der Waals surface area (Å²) in [6.07, 6.45) is 1.47. The molecule has 2 heterocycles. The molecule has 0 unspecified atom stereocenters. The van der Waals surface area contributed by atoms with E-state index < -0.39 is 6.04 Å².